The van der Waals surface area contributed by atoms with Crippen LogP contribution >= 0.6 is 0 Å². The van der Waals surface area contributed by atoms with Crippen molar-refractivity contribution in [1.29, 1.82) is 0 Å². The summed E-state index contributed by atoms with van der Waals surface area (Å²) >= 11 is 0. The second-order valence-corrected chi connectivity index (χ2v) is 10.5. The number of esters is 2. The predicted molar refractivity (Wildman–Crippen MR) is 149 cm³/mol. The number of hydrogen-bond donors (Lipinski definition) is 2. The van der Waals surface area contributed by atoms with Crippen molar-refractivity contribution in [2.75, 3.05) is 13.2 Å². The van der Waals surface area contributed by atoms with Gasteiger partial charge in [-0.3, -0.25) is 9.59 Å². The summed E-state index contributed by atoms with van der Waals surface area (Å²) in [6.45, 7) is 4.73. The zero-order chi connectivity index (χ0) is 27.6. The van der Waals surface area contributed by atoms with Crippen molar-refractivity contribution in [3.05, 3.63) is 0 Å². The maximum absolute atomic E-state index is 12.4. The molecule has 0 spiro atoms. The molecule has 1 atom stereocenters. The standard InChI is InChI=1S/C30H56O7.Na.H/c1-3-5-7-9-11-13-15-17-19-21-23-36-28(33)26-30(35,25-27(31)32)29(34)37-24-22-20-18-16-14-12-10-8-6-4-2;;/h35H,3-26H2,1-2H3,(H,31,32);;/q;+1;-1. The van der Waals surface area contributed by atoms with E-state index in [0.717, 1.165) is 32.1 Å². The first-order valence-corrected chi connectivity index (χ1v) is 15.1. The summed E-state index contributed by atoms with van der Waals surface area (Å²) in [4.78, 5) is 35.8. The summed E-state index contributed by atoms with van der Waals surface area (Å²) < 4.78 is 10.3. The van der Waals surface area contributed by atoms with Crippen LogP contribution in [0.25, 0.3) is 0 Å². The average molecular weight is 553 g/mol. The topological polar surface area (TPSA) is 110 Å². The van der Waals surface area contributed by atoms with E-state index in [0.29, 0.717) is 12.8 Å². The van der Waals surface area contributed by atoms with Gasteiger partial charge in [0.15, 0.2) is 5.60 Å². The molecular formula is C30H57NaO7. The summed E-state index contributed by atoms with van der Waals surface area (Å²) in [5, 5.41) is 19.7. The molecule has 0 aliphatic heterocycles. The minimum atomic E-state index is -2.40. The second-order valence-electron chi connectivity index (χ2n) is 10.5. The maximum Gasteiger partial charge on any atom is 1.00 e. The number of carboxylic acids is 1. The molecule has 0 radical (unpaired) electrons. The first-order valence-electron chi connectivity index (χ1n) is 15.1. The number of unbranched alkanes of at least 4 members (excludes halogenated alkanes) is 18. The fraction of sp³-hybridized carbons (Fsp3) is 0.900. The summed E-state index contributed by atoms with van der Waals surface area (Å²) in [5.41, 5.74) is -2.40. The van der Waals surface area contributed by atoms with Crippen LogP contribution in [-0.2, 0) is 23.9 Å². The molecule has 0 rings (SSSR count). The molecule has 0 heterocycles. The van der Waals surface area contributed by atoms with Crippen LogP contribution in [0.2, 0.25) is 0 Å². The Morgan fingerprint density at radius 1 is 0.579 bits per heavy atom. The third-order valence-electron chi connectivity index (χ3n) is 6.75. The Morgan fingerprint density at radius 2 is 0.921 bits per heavy atom. The first-order chi connectivity index (χ1) is 17.9. The minimum Gasteiger partial charge on any atom is -1.00 e. The van der Waals surface area contributed by atoms with E-state index in [4.69, 9.17) is 14.6 Å². The molecule has 0 amide bonds. The van der Waals surface area contributed by atoms with Crippen LogP contribution < -0.4 is 29.6 Å². The Kier molecular flexibility index (Phi) is 29.0. The van der Waals surface area contributed by atoms with E-state index < -0.39 is 36.4 Å². The fourth-order valence-electron chi connectivity index (χ4n) is 4.41. The van der Waals surface area contributed by atoms with Gasteiger partial charge in [-0.25, -0.2) is 4.79 Å². The van der Waals surface area contributed by atoms with Crippen LogP contribution in [0.1, 0.15) is 157 Å². The van der Waals surface area contributed by atoms with Crippen molar-refractivity contribution in [3.63, 3.8) is 0 Å². The molecule has 0 saturated carbocycles. The molecule has 0 aromatic rings. The summed E-state index contributed by atoms with van der Waals surface area (Å²) in [6.07, 6.45) is 21.3. The number of hydrogen-bond acceptors (Lipinski definition) is 6. The Hall–Kier alpha value is -0.630. The van der Waals surface area contributed by atoms with Gasteiger partial charge >= 0.3 is 47.5 Å². The van der Waals surface area contributed by atoms with Gasteiger partial charge in [0, 0.05) is 0 Å². The number of carbonyl (C=O) groups is 3. The van der Waals surface area contributed by atoms with Gasteiger partial charge < -0.3 is 21.1 Å². The third kappa shape index (κ3) is 24.4. The maximum atomic E-state index is 12.4. The number of aliphatic hydroxyl groups is 1. The molecule has 0 aliphatic rings. The molecule has 8 heteroatoms. The van der Waals surface area contributed by atoms with Crippen LogP contribution in [0, 0.1) is 0 Å². The summed E-state index contributed by atoms with van der Waals surface area (Å²) in [7, 11) is 0. The van der Waals surface area contributed by atoms with Crippen LogP contribution in [0.15, 0.2) is 0 Å². The summed E-state index contributed by atoms with van der Waals surface area (Å²) in [5.74, 6) is -3.22. The number of carboxylic acid groups (broad SMARTS) is 1. The number of rotatable bonds is 27. The molecule has 2 N–H and O–H groups in total. The Labute approximate surface area is 256 Å². The van der Waals surface area contributed by atoms with Crippen molar-refractivity contribution >= 4 is 17.9 Å². The number of ether oxygens (including phenoxy) is 2. The van der Waals surface area contributed by atoms with Gasteiger partial charge in [-0.05, 0) is 12.8 Å². The molecular weight excluding hydrogens is 495 g/mol. The van der Waals surface area contributed by atoms with E-state index in [-0.39, 0.29) is 44.2 Å². The number of carbonyl (C=O) groups excluding carboxylic acids is 2. The van der Waals surface area contributed by atoms with Crippen molar-refractivity contribution < 1.29 is 65.1 Å². The van der Waals surface area contributed by atoms with E-state index >= 15 is 0 Å². The van der Waals surface area contributed by atoms with Gasteiger partial charge in [-0.2, -0.15) is 0 Å². The van der Waals surface area contributed by atoms with Crippen LogP contribution in [0.3, 0.4) is 0 Å². The largest absolute Gasteiger partial charge is 1.00 e. The minimum absolute atomic E-state index is 0. The van der Waals surface area contributed by atoms with Gasteiger partial charge in [0.1, 0.15) is 0 Å². The average Bonchev–Trinajstić information content (AvgIpc) is 2.85. The summed E-state index contributed by atoms with van der Waals surface area (Å²) in [6, 6.07) is 0. The molecule has 0 saturated heterocycles. The first kappa shape index (κ1) is 39.5. The zero-order valence-corrected chi connectivity index (χ0v) is 26.9. The van der Waals surface area contributed by atoms with Gasteiger partial charge in [-0.15, -0.1) is 0 Å². The molecule has 220 valence electrons. The van der Waals surface area contributed by atoms with Crippen molar-refractivity contribution in [1.82, 2.24) is 0 Å². The van der Waals surface area contributed by atoms with Crippen LogP contribution in [0.5, 0.6) is 0 Å². The molecule has 0 fully saturated rings. The molecule has 38 heavy (non-hydrogen) atoms. The van der Waals surface area contributed by atoms with Crippen LogP contribution in [0.4, 0.5) is 0 Å². The molecule has 7 nitrogen and oxygen atoms in total. The zero-order valence-electron chi connectivity index (χ0n) is 25.9. The molecule has 0 bridgehead atoms. The van der Waals surface area contributed by atoms with Crippen molar-refractivity contribution in [3.8, 4) is 0 Å². The van der Waals surface area contributed by atoms with Gasteiger partial charge in [0.25, 0.3) is 0 Å². The van der Waals surface area contributed by atoms with E-state index in [9.17, 15) is 19.5 Å². The molecule has 0 aliphatic carbocycles. The second kappa shape index (κ2) is 27.9. The molecule has 0 aromatic carbocycles. The number of aliphatic carboxylic acids is 1. The van der Waals surface area contributed by atoms with Gasteiger partial charge in [0.05, 0.1) is 26.1 Å². The van der Waals surface area contributed by atoms with Crippen molar-refractivity contribution in [2.45, 2.75) is 161 Å². The van der Waals surface area contributed by atoms with E-state index in [2.05, 4.69) is 13.8 Å². The smallest absolute Gasteiger partial charge is 1.00 e. The Balaban J connectivity index is -0.00000648. The monoisotopic (exact) mass is 552 g/mol. The van der Waals surface area contributed by atoms with Crippen LogP contribution in [-0.4, -0.2) is 46.9 Å². The Morgan fingerprint density at radius 3 is 1.29 bits per heavy atom. The SMILES string of the molecule is CCCCCCCCCCCCOC(=O)CC(O)(CC(=O)O)C(=O)OCCCCCCCCCCCC.[H-].[Na+]. The Bertz CT molecular complexity index is 592. The molecule has 1 unspecified atom stereocenters. The quantitative estimate of drug-likeness (QED) is 0.0869. The van der Waals surface area contributed by atoms with E-state index in [1.54, 1.807) is 0 Å². The van der Waals surface area contributed by atoms with Gasteiger partial charge in [0.2, 0.25) is 0 Å². The normalized spacial score (nSPS) is 12.4. The fourth-order valence-corrected chi connectivity index (χ4v) is 4.41. The molecule has 0 aromatic heterocycles. The predicted octanol–water partition coefficient (Wildman–Crippen LogP) is 4.63. The third-order valence-corrected chi connectivity index (χ3v) is 6.75. The van der Waals surface area contributed by atoms with Crippen molar-refractivity contribution in [2.24, 2.45) is 0 Å². The van der Waals surface area contributed by atoms with Gasteiger partial charge in [-0.1, -0.05) is 129 Å². The van der Waals surface area contributed by atoms with E-state index in [1.807, 2.05) is 0 Å². The van der Waals surface area contributed by atoms with E-state index in [1.165, 1.54) is 83.5 Å².